The molecule has 3 amide bonds. The minimum absolute atomic E-state index is 0.122. The predicted octanol–water partition coefficient (Wildman–Crippen LogP) is 2.09. The number of hydrogen-bond donors (Lipinski definition) is 4. The smallest absolute Gasteiger partial charge is 0.254 e. The Hall–Kier alpha value is -3.10. The van der Waals surface area contributed by atoms with E-state index < -0.39 is 40.9 Å². The summed E-state index contributed by atoms with van der Waals surface area (Å²) in [4.78, 5) is 40.6. The number of benzene rings is 2. The van der Waals surface area contributed by atoms with Crippen molar-refractivity contribution in [2.75, 3.05) is 12.3 Å². The quantitative estimate of drug-likeness (QED) is 0.342. The van der Waals surface area contributed by atoms with Crippen LogP contribution in [0, 0.1) is 0 Å². The lowest BCUT2D eigenvalue weighted by Gasteiger charge is -2.32. The highest BCUT2D eigenvalue weighted by Crippen LogP contribution is 2.25. The minimum Gasteiger partial charge on any atom is -0.398 e. The number of para-hydroxylation sites is 1. The maximum atomic E-state index is 13.4. The SMILES string of the molecule is CC(C)(C)NC(=O)[C@@H]1C[C@H](Cl)CN1C(=O)[C@@H](O)[C@H](Cc1ccccc1)NC(=O)c1ccccc1N. The first-order chi connectivity index (χ1) is 16.5. The largest absolute Gasteiger partial charge is 0.398 e. The molecule has 0 bridgehead atoms. The van der Waals surface area contributed by atoms with E-state index in [-0.39, 0.29) is 36.5 Å². The van der Waals surface area contributed by atoms with Crippen LogP contribution in [0.5, 0.6) is 0 Å². The van der Waals surface area contributed by atoms with Crippen molar-refractivity contribution in [2.24, 2.45) is 0 Å². The van der Waals surface area contributed by atoms with Gasteiger partial charge in [-0.25, -0.2) is 0 Å². The van der Waals surface area contributed by atoms with Gasteiger partial charge in [-0.1, -0.05) is 42.5 Å². The van der Waals surface area contributed by atoms with Crippen LogP contribution < -0.4 is 16.4 Å². The summed E-state index contributed by atoms with van der Waals surface area (Å²) in [6.45, 7) is 5.66. The van der Waals surface area contributed by atoms with Crippen molar-refractivity contribution in [2.45, 2.75) is 62.7 Å². The van der Waals surface area contributed by atoms with Gasteiger partial charge >= 0.3 is 0 Å². The van der Waals surface area contributed by atoms with Crippen LogP contribution in [0.4, 0.5) is 5.69 Å². The van der Waals surface area contributed by atoms with Crippen molar-refractivity contribution in [1.29, 1.82) is 0 Å². The Balaban J connectivity index is 1.84. The van der Waals surface area contributed by atoms with Crippen molar-refractivity contribution < 1.29 is 19.5 Å². The molecule has 9 heteroatoms. The second-order valence-corrected chi connectivity index (χ2v) is 10.5. The molecule has 1 fully saturated rings. The molecular weight excluding hydrogens is 468 g/mol. The van der Waals surface area contributed by atoms with Gasteiger partial charge in [0.1, 0.15) is 6.04 Å². The molecule has 2 aromatic carbocycles. The van der Waals surface area contributed by atoms with Gasteiger partial charge < -0.3 is 26.4 Å². The number of carbonyl (C=O) groups is 3. The lowest BCUT2D eigenvalue weighted by Crippen LogP contribution is -2.57. The number of rotatable bonds is 7. The molecular formula is C26H33ClN4O4. The van der Waals surface area contributed by atoms with Gasteiger partial charge in [0.15, 0.2) is 6.10 Å². The van der Waals surface area contributed by atoms with Gasteiger partial charge in [0.2, 0.25) is 5.91 Å². The molecule has 1 aliphatic heterocycles. The van der Waals surface area contributed by atoms with Crippen LogP contribution in [-0.4, -0.2) is 63.4 Å². The first kappa shape index (κ1) is 26.5. The molecule has 1 aliphatic rings. The number of nitrogens with zero attached hydrogens (tertiary/aromatic N) is 1. The zero-order valence-corrected chi connectivity index (χ0v) is 21.0. The van der Waals surface area contributed by atoms with Gasteiger partial charge in [-0.2, -0.15) is 0 Å². The summed E-state index contributed by atoms with van der Waals surface area (Å²) in [6, 6.07) is 14.0. The Morgan fingerprint density at radius 1 is 1.11 bits per heavy atom. The van der Waals surface area contributed by atoms with E-state index in [4.69, 9.17) is 17.3 Å². The third kappa shape index (κ3) is 6.96. The van der Waals surface area contributed by atoms with Gasteiger partial charge in [-0.05, 0) is 51.3 Å². The maximum absolute atomic E-state index is 13.4. The summed E-state index contributed by atoms with van der Waals surface area (Å²) < 4.78 is 0. The summed E-state index contributed by atoms with van der Waals surface area (Å²) >= 11 is 6.32. The van der Waals surface area contributed by atoms with Crippen molar-refractivity contribution in [3.63, 3.8) is 0 Å². The van der Waals surface area contributed by atoms with Crippen LogP contribution in [0.25, 0.3) is 0 Å². The van der Waals surface area contributed by atoms with Crippen molar-refractivity contribution >= 4 is 35.0 Å². The van der Waals surface area contributed by atoms with E-state index in [1.165, 1.54) is 4.90 Å². The predicted molar refractivity (Wildman–Crippen MR) is 136 cm³/mol. The number of carbonyl (C=O) groups excluding carboxylic acids is 3. The number of halogens is 1. The number of nitrogens with one attached hydrogen (secondary N) is 2. The van der Waals surface area contributed by atoms with Crippen LogP contribution in [0.3, 0.4) is 0 Å². The molecule has 188 valence electrons. The number of anilines is 1. The molecule has 0 radical (unpaired) electrons. The Kier molecular flexibility index (Phi) is 8.40. The fourth-order valence-electron chi connectivity index (χ4n) is 4.13. The van der Waals surface area contributed by atoms with E-state index in [9.17, 15) is 19.5 Å². The van der Waals surface area contributed by atoms with Crippen LogP contribution in [0.1, 0.15) is 43.1 Å². The summed E-state index contributed by atoms with van der Waals surface area (Å²) in [6.07, 6.45) is -1.13. The normalized spacial score (nSPS) is 19.6. The molecule has 1 heterocycles. The van der Waals surface area contributed by atoms with Crippen molar-refractivity contribution in [3.8, 4) is 0 Å². The number of hydrogen-bond acceptors (Lipinski definition) is 5. The van der Waals surface area contributed by atoms with Gasteiger partial charge in [0, 0.05) is 17.8 Å². The Bertz CT molecular complexity index is 1060. The van der Waals surface area contributed by atoms with E-state index in [1.807, 2.05) is 51.1 Å². The van der Waals surface area contributed by atoms with Crippen molar-refractivity contribution in [1.82, 2.24) is 15.5 Å². The fourth-order valence-corrected chi connectivity index (χ4v) is 4.45. The molecule has 0 aliphatic carbocycles. The average molecular weight is 501 g/mol. The summed E-state index contributed by atoms with van der Waals surface area (Å²) in [7, 11) is 0. The van der Waals surface area contributed by atoms with Crippen LogP contribution in [-0.2, 0) is 16.0 Å². The molecule has 4 atom stereocenters. The summed E-state index contributed by atoms with van der Waals surface area (Å²) in [5.74, 6) is -1.50. The Morgan fingerprint density at radius 2 is 1.74 bits per heavy atom. The maximum Gasteiger partial charge on any atom is 0.254 e. The number of alkyl halides is 1. The molecule has 0 unspecified atom stereocenters. The van der Waals surface area contributed by atoms with Gasteiger partial charge in [0.05, 0.1) is 17.0 Å². The highest BCUT2D eigenvalue weighted by Gasteiger charge is 2.43. The lowest BCUT2D eigenvalue weighted by molar-refractivity contribution is -0.146. The number of aliphatic hydroxyl groups excluding tert-OH is 1. The monoisotopic (exact) mass is 500 g/mol. The Morgan fingerprint density at radius 3 is 2.37 bits per heavy atom. The number of amides is 3. The molecule has 3 rings (SSSR count). The van der Waals surface area contributed by atoms with E-state index in [0.29, 0.717) is 0 Å². The highest BCUT2D eigenvalue weighted by molar-refractivity contribution is 6.21. The molecule has 5 N–H and O–H groups in total. The molecule has 0 aromatic heterocycles. The topological polar surface area (TPSA) is 125 Å². The molecule has 0 spiro atoms. The Labute approximate surface area is 210 Å². The molecule has 0 saturated carbocycles. The third-order valence-electron chi connectivity index (χ3n) is 5.79. The number of aliphatic hydroxyl groups is 1. The van der Waals surface area contributed by atoms with Gasteiger partial charge in [-0.3, -0.25) is 14.4 Å². The second-order valence-electron chi connectivity index (χ2n) is 9.88. The van der Waals surface area contributed by atoms with Crippen LogP contribution >= 0.6 is 11.6 Å². The van der Waals surface area contributed by atoms with E-state index in [0.717, 1.165) is 5.56 Å². The lowest BCUT2D eigenvalue weighted by atomic mass is 9.99. The van der Waals surface area contributed by atoms with Crippen LogP contribution in [0.2, 0.25) is 0 Å². The number of nitrogens with two attached hydrogens (primary N) is 1. The van der Waals surface area contributed by atoms with Gasteiger partial charge in [0.25, 0.3) is 11.8 Å². The highest BCUT2D eigenvalue weighted by atomic mass is 35.5. The number of likely N-dealkylation sites (tertiary alicyclic amines) is 1. The summed E-state index contributed by atoms with van der Waals surface area (Å²) in [5.41, 5.74) is 6.81. The van der Waals surface area contributed by atoms with E-state index in [2.05, 4.69) is 10.6 Å². The zero-order valence-electron chi connectivity index (χ0n) is 20.2. The standard InChI is InChI=1S/C26H33ClN4O4/c1-26(2,3)30-24(34)21-14-17(27)15-31(21)25(35)22(32)20(13-16-9-5-4-6-10-16)29-23(33)18-11-7-8-12-19(18)28/h4-12,17,20-22,32H,13-15,28H2,1-3H3,(H,29,33)(H,30,34)/t17-,20-,21-,22-/m0/s1. The van der Waals surface area contributed by atoms with Crippen LogP contribution in [0.15, 0.2) is 54.6 Å². The van der Waals surface area contributed by atoms with E-state index >= 15 is 0 Å². The first-order valence-electron chi connectivity index (χ1n) is 11.6. The van der Waals surface area contributed by atoms with Gasteiger partial charge in [-0.15, -0.1) is 11.6 Å². The third-order valence-corrected chi connectivity index (χ3v) is 6.10. The average Bonchev–Trinajstić information content (AvgIpc) is 3.19. The molecule has 8 nitrogen and oxygen atoms in total. The minimum atomic E-state index is -1.60. The first-order valence-corrected chi connectivity index (χ1v) is 12.0. The second kappa shape index (κ2) is 11.1. The zero-order chi connectivity index (χ0) is 25.8. The molecule has 2 aromatic rings. The number of nitrogen functional groups attached to an aromatic ring is 1. The van der Waals surface area contributed by atoms with E-state index in [1.54, 1.807) is 24.3 Å². The molecule has 35 heavy (non-hydrogen) atoms. The fraction of sp³-hybridized carbons (Fsp3) is 0.423. The molecule has 1 saturated heterocycles. The van der Waals surface area contributed by atoms with Crippen molar-refractivity contribution in [3.05, 3.63) is 65.7 Å². The summed E-state index contributed by atoms with van der Waals surface area (Å²) in [5, 5.41) is 16.4.